The summed E-state index contributed by atoms with van der Waals surface area (Å²) in [6.07, 6.45) is 12.6. The lowest BCUT2D eigenvalue weighted by atomic mass is 10.1. The topological polar surface area (TPSA) is 28.2 Å². The van der Waals surface area contributed by atoms with E-state index in [9.17, 15) is 0 Å². The van der Waals surface area contributed by atoms with Crippen molar-refractivity contribution in [2.24, 2.45) is 0 Å². The van der Waals surface area contributed by atoms with Gasteiger partial charge in [-0.3, -0.25) is 0 Å². The Bertz CT molecular complexity index is 372. The van der Waals surface area contributed by atoms with E-state index in [2.05, 4.69) is 28.2 Å². The van der Waals surface area contributed by atoms with Crippen LogP contribution < -0.4 is 10.2 Å². The molecule has 2 heterocycles. The number of unbranched alkanes of at least 4 members (excludes halogenated alkanes) is 5. The molecule has 0 aromatic carbocycles. The highest BCUT2D eigenvalue weighted by atomic mass is 15.2. The third kappa shape index (κ3) is 4.69. The van der Waals surface area contributed by atoms with Gasteiger partial charge in [0.25, 0.3) is 0 Å². The maximum Gasteiger partial charge on any atom is 0.151 e. The molecule has 1 aromatic heterocycles. The SMILES string of the molecule is CCCCCCCCNc1cccnc1N1CCCC1. The van der Waals surface area contributed by atoms with E-state index >= 15 is 0 Å². The summed E-state index contributed by atoms with van der Waals surface area (Å²) in [5.41, 5.74) is 1.21. The third-order valence-corrected chi connectivity index (χ3v) is 4.04. The van der Waals surface area contributed by atoms with Gasteiger partial charge >= 0.3 is 0 Å². The predicted octanol–water partition coefficient (Wildman–Crippen LogP) is 4.45. The van der Waals surface area contributed by atoms with E-state index in [1.807, 2.05) is 12.3 Å². The van der Waals surface area contributed by atoms with Gasteiger partial charge in [-0.05, 0) is 31.4 Å². The molecule has 1 aromatic rings. The van der Waals surface area contributed by atoms with Crippen molar-refractivity contribution in [3.8, 4) is 0 Å². The fourth-order valence-electron chi connectivity index (χ4n) is 2.84. The molecule has 0 bridgehead atoms. The Morgan fingerprint density at radius 1 is 1.10 bits per heavy atom. The molecule has 2 rings (SSSR count). The molecule has 3 nitrogen and oxygen atoms in total. The van der Waals surface area contributed by atoms with Crippen molar-refractivity contribution in [1.82, 2.24) is 4.98 Å². The van der Waals surface area contributed by atoms with Crippen molar-refractivity contribution >= 4 is 11.5 Å². The largest absolute Gasteiger partial charge is 0.382 e. The Balaban J connectivity index is 1.72. The van der Waals surface area contributed by atoms with Crippen molar-refractivity contribution in [2.75, 3.05) is 29.9 Å². The highest BCUT2D eigenvalue weighted by molar-refractivity contribution is 5.65. The minimum atomic E-state index is 1.07. The average molecular weight is 275 g/mol. The van der Waals surface area contributed by atoms with Crippen molar-refractivity contribution in [1.29, 1.82) is 0 Å². The first-order chi connectivity index (χ1) is 9.92. The van der Waals surface area contributed by atoms with E-state index in [-0.39, 0.29) is 0 Å². The Hall–Kier alpha value is -1.25. The van der Waals surface area contributed by atoms with Crippen molar-refractivity contribution in [2.45, 2.75) is 58.3 Å². The number of pyridine rings is 1. The van der Waals surface area contributed by atoms with Crippen molar-refractivity contribution in [3.63, 3.8) is 0 Å². The van der Waals surface area contributed by atoms with E-state index in [1.165, 1.54) is 57.1 Å². The number of rotatable bonds is 9. The van der Waals surface area contributed by atoms with Crippen LogP contribution in [-0.2, 0) is 0 Å². The molecular weight excluding hydrogens is 246 g/mol. The number of aromatic nitrogens is 1. The van der Waals surface area contributed by atoms with E-state index in [4.69, 9.17) is 0 Å². The molecule has 0 spiro atoms. The van der Waals surface area contributed by atoms with Gasteiger partial charge in [-0.15, -0.1) is 0 Å². The molecule has 20 heavy (non-hydrogen) atoms. The number of hydrogen-bond donors (Lipinski definition) is 1. The van der Waals surface area contributed by atoms with Crippen LogP contribution in [0.3, 0.4) is 0 Å². The first-order valence-electron chi connectivity index (χ1n) is 8.35. The van der Waals surface area contributed by atoms with Gasteiger partial charge in [0, 0.05) is 25.8 Å². The van der Waals surface area contributed by atoms with Crippen LogP contribution in [0.25, 0.3) is 0 Å². The van der Waals surface area contributed by atoms with Gasteiger partial charge in [0.15, 0.2) is 5.82 Å². The van der Waals surface area contributed by atoms with Crippen LogP contribution in [-0.4, -0.2) is 24.6 Å². The summed E-state index contributed by atoms with van der Waals surface area (Å²) in [7, 11) is 0. The van der Waals surface area contributed by atoms with Crippen LogP contribution in [0.4, 0.5) is 11.5 Å². The molecule has 0 aliphatic carbocycles. The van der Waals surface area contributed by atoms with Gasteiger partial charge in [-0.2, -0.15) is 0 Å². The lowest BCUT2D eigenvalue weighted by Gasteiger charge is -2.20. The quantitative estimate of drug-likeness (QED) is 0.675. The molecule has 0 radical (unpaired) electrons. The molecule has 112 valence electrons. The summed E-state index contributed by atoms with van der Waals surface area (Å²) >= 11 is 0. The first-order valence-corrected chi connectivity index (χ1v) is 8.35. The molecular formula is C17H29N3. The second-order valence-corrected chi connectivity index (χ2v) is 5.76. The Morgan fingerprint density at radius 2 is 1.85 bits per heavy atom. The monoisotopic (exact) mass is 275 g/mol. The molecule has 3 heteroatoms. The first kappa shape index (κ1) is 15.1. The van der Waals surface area contributed by atoms with E-state index in [0.717, 1.165) is 25.5 Å². The number of nitrogens with zero attached hydrogens (tertiary/aromatic N) is 2. The standard InChI is InChI=1S/C17H29N3/c1-2-3-4-5-6-7-12-18-16-11-10-13-19-17(16)20-14-8-9-15-20/h10-11,13,18H,2-9,12,14-15H2,1H3. The van der Waals surface area contributed by atoms with E-state index < -0.39 is 0 Å². The van der Waals surface area contributed by atoms with Crippen LogP contribution in [0.1, 0.15) is 58.3 Å². The van der Waals surface area contributed by atoms with Crippen LogP contribution in [0, 0.1) is 0 Å². The van der Waals surface area contributed by atoms with Gasteiger partial charge in [0.2, 0.25) is 0 Å². The van der Waals surface area contributed by atoms with Gasteiger partial charge in [-0.25, -0.2) is 4.98 Å². The highest BCUT2D eigenvalue weighted by Crippen LogP contribution is 2.26. The average Bonchev–Trinajstić information content (AvgIpc) is 3.01. The molecule has 1 aliphatic rings. The van der Waals surface area contributed by atoms with Crippen molar-refractivity contribution < 1.29 is 0 Å². The summed E-state index contributed by atoms with van der Waals surface area (Å²) in [5.74, 6) is 1.15. The van der Waals surface area contributed by atoms with Crippen LogP contribution in [0.2, 0.25) is 0 Å². The van der Waals surface area contributed by atoms with Crippen LogP contribution >= 0.6 is 0 Å². The number of hydrogen-bond acceptors (Lipinski definition) is 3. The Labute approximate surface area is 123 Å². The molecule has 1 saturated heterocycles. The summed E-state index contributed by atoms with van der Waals surface area (Å²) in [6.45, 7) is 5.65. The molecule has 1 fully saturated rings. The van der Waals surface area contributed by atoms with Crippen LogP contribution in [0.15, 0.2) is 18.3 Å². The smallest absolute Gasteiger partial charge is 0.151 e. The number of anilines is 2. The van der Waals surface area contributed by atoms with Crippen molar-refractivity contribution in [3.05, 3.63) is 18.3 Å². The van der Waals surface area contributed by atoms with E-state index in [1.54, 1.807) is 0 Å². The second kappa shape index (κ2) is 8.83. The molecule has 0 unspecified atom stereocenters. The zero-order valence-corrected chi connectivity index (χ0v) is 12.9. The van der Waals surface area contributed by atoms with Gasteiger partial charge in [0.05, 0.1) is 5.69 Å². The highest BCUT2D eigenvalue weighted by Gasteiger charge is 2.16. The van der Waals surface area contributed by atoms with E-state index in [0.29, 0.717) is 0 Å². The lowest BCUT2D eigenvalue weighted by molar-refractivity contribution is 0.617. The maximum atomic E-state index is 4.56. The molecule has 1 N–H and O–H groups in total. The van der Waals surface area contributed by atoms with Gasteiger partial charge < -0.3 is 10.2 Å². The fourth-order valence-corrected chi connectivity index (χ4v) is 2.84. The maximum absolute atomic E-state index is 4.56. The normalized spacial score (nSPS) is 14.8. The zero-order chi connectivity index (χ0) is 14.0. The molecule has 0 atom stereocenters. The summed E-state index contributed by atoms with van der Waals surface area (Å²) in [4.78, 5) is 6.97. The minimum absolute atomic E-state index is 1.07. The lowest BCUT2D eigenvalue weighted by Crippen LogP contribution is -2.20. The third-order valence-electron chi connectivity index (χ3n) is 4.04. The van der Waals surface area contributed by atoms with Gasteiger partial charge in [-0.1, -0.05) is 39.0 Å². The zero-order valence-electron chi connectivity index (χ0n) is 12.9. The second-order valence-electron chi connectivity index (χ2n) is 5.76. The molecule has 0 saturated carbocycles. The predicted molar refractivity (Wildman–Crippen MR) is 87.5 cm³/mol. The molecule has 0 amide bonds. The summed E-state index contributed by atoms with van der Waals surface area (Å²) in [5, 5.41) is 3.58. The fraction of sp³-hybridized carbons (Fsp3) is 0.706. The number of nitrogens with one attached hydrogen (secondary N) is 1. The minimum Gasteiger partial charge on any atom is -0.382 e. The molecule has 1 aliphatic heterocycles. The Kier molecular flexibility index (Phi) is 6.69. The van der Waals surface area contributed by atoms with Crippen LogP contribution in [0.5, 0.6) is 0 Å². The summed E-state index contributed by atoms with van der Waals surface area (Å²) < 4.78 is 0. The van der Waals surface area contributed by atoms with Gasteiger partial charge in [0.1, 0.15) is 0 Å². The summed E-state index contributed by atoms with van der Waals surface area (Å²) in [6, 6.07) is 4.20. The Morgan fingerprint density at radius 3 is 2.65 bits per heavy atom.